The second-order valence-corrected chi connectivity index (χ2v) is 12.9. The number of piperazine rings is 1. The summed E-state index contributed by atoms with van der Waals surface area (Å²) in [5.41, 5.74) is -0.836. The molecular formula is C34H39F2N5O4. The summed E-state index contributed by atoms with van der Waals surface area (Å²) in [7, 11) is 3.75. The maximum Gasteiger partial charge on any atom is 0.319 e. The monoisotopic (exact) mass is 619 g/mol. The highest BCUT2D eigenvalue weighted by Gasteiger charge is 2.59. The van der Waals surface area contributed by atoms with Gasteiger partial charge in [0.1, 0.15) is 22.9 Å². The van der Waals surface area contributed by atoms with Crippen molar-refractivity contribution in [1.82, 2.24) is 20.2 Å². The van der Waals surface area contributed by atoms with E-state index in [-0.39, 0.29) is 52.5 Å². The van der Waals surface area contributed by atoms with Gasteiger partial charge in [-0.05, 0) is 68.4 Å². The molecule has 1 aliphatic carbocycles. The van der Waals surface area contributed by atoms with Crippen LogP contribution in [0.25, 0.3) is 32.8 Å². The van der Waals surface area contributed by atoms with Crippen LogP contribution in [0, 0.1) is 23.0 Å². The molecule has 1 saturated carbocycles. The molecule has 0 amide bonds. The average Bonchev–Trinajstić information content (AvgIpc) is 3.69. The van der Waals surface area contributed by atoms with E-state index >= 15 is 8.78 Å². The van der Waals surface area contributed by atoms with Crippen molar-refractivity contribution in [2.75, 3.05) is 45.2 Å². The molecule has 0 bridgehead atoms. The Labute approximate surface area is 260 Å². The number of halogens is 2. The SMILES string of the molecule is CCC[C@@H]1CN(c2nc(OCC3(CN(C)C)CC3C(=O)O)nc3c(F)c(-c4cc(O)cc5ccccc45)c(F)cc23)C[C@@H](C)N1. The first-order chi connectivity index (χ1) is 21.5. The number of phenolic OH excluding ortho intramolecular Hbond substituents is 1. The van der Waals surface area contributed by atoms with Gasteiger partial charge in [0.2, 0.25) is 0 Å². The molecule has 1 aliphatic heterocycles. The number of anilines is 1. The van der Waals surface area contributed by atoms with E-state index in [0.717, 1.165) is 12.8 Å². The predicted octanol–water partition coefficient (Wildman–Crippen LogP) is 5.43. The number of ether oxygens (including phenoxy) is 1. The van der Waals surface area contributed by atoms with Gasteiger partial charge in [0.15, 0.2) is 5.82 Å². The third-order valence-electron chi connectivity index (χ3n) is 8.96. The summed E-state index contributed by atoms with van der Waals surface area (Å²) in [6.45, 7) is 5.84. The maximum absolute atomic E-state index is 16.7. The number of carboxylic acid groups (broad SMARTS) is 1. The van der Waals surface area contributed by atoms with Crippen molar-refractivity contribution in [2.24, 2.45) is 11.3 Å². The van der Waals surface area contributed by atoms with Crippen LogP contribution in [0.1, 0.15) is 33.1 Å². The van der Waals surface area contributed by atoms with Gasteiger partial charge in [-0.1, -0.05) is 37.6 Å². The first-order valence-electron chi connectivity index (χ1n) is 15.4. The number of carbonyl (C=O) groups is 1. The Morgan fingerprint density at radius 2 is 1.93 bits per heavy atom. The van der Waals surface area contributed by atoms with Crippen LogP contribution in [0.5, 0.6) is 11.8 Å². The number of hydrogen-bond donors (Lipinski definition) is 3. The Bertz CT molecular complexity index is 1770. The third-order valence-corrected chi connectivity index (χ3v) is 8.96. The Balaban J connectivity index is 1.50. The van der Waals surface area contributed by atoms with Crippen molar-refractivity contribution < 1.29 is 28.5 Å². The zero-order valence-electron chi connectivity index (χ0n) is 26.0. The van der Waals surface area contributed by atoms with Gasteiger partial charge in [-0.25, -0.2) is 8.78 Å². The zero-order chi connectivity index (χ0) is 32.0. The van der Waals surface area contributed by atoms with Gasteiger partial charge in [-0.2, -0.15) is 9.97 Å². The summed E-state index contributed by atoms with van der Waals surface area (Å²) < 4.78 is 38.9. The minimum atomic E-state index is -0.889. The Kier molecular flexibility index (Phi) is 8.26. The lowest BCUT2D eigenvalue weighted by molar-refractivity contribution is -0.139. The predicted molar refractivity (Wildman–Crippen MR) is 170 cm³/mol. The molecular weight excluding hydrogens is 580 g/mol. The molecule has 6 rings (SSSR count). The highest BCUT2D eigenvalue weighted by Crippen LogP contribution is 2.53. The van der Waals surface area contributed by atoms with Crippen LogP contribution in [0.15, 0.2) is 42.5 Å². The normalized spacial score (nSPS) is 23.2. The highest BCUT2D eigenvalue weighted by molar-refractivity contribution is 6.01. The molecule has 238 valence electrons. The van der Waals surface area contributed by atoms with E-state index in [1.54, 1.807) is 30.3 Å². The van der Waals surface area contributed by atoms with E-state index < -0.39 is 28.9 Å². The van der Waals surface area contributed by atoms with Crippen LogP contribution in [-0.2, 0) is 4.79 Å². The molecule has 4 atom stereocenters. The Hall–Kier alpha value is -4.09. The maximum atomic E-state index is 16.7. The van der Waals surface area contributed by atoms with E-state index in [1.807, 2.05) is 23.9 Å². The van der Waals surface area contributed by atoms with E-state index in [9.17, 15) is 15.0 Å². The van der Waals surface area contributed by atoms with Crippen LogP contribution in [0.3, 0.4) is 0 Å². The summed E-state index contributed by atoms with van der Waals surface area (Å²) in [5, 5.41) is 25.2. The molecule has 1 aromatic heterocycles. The number of nitrogens with one attached hydrogen (secondary N) is 1. The number of aliphatic carboxylic acids is 1. The average molecular weight is 620 g/mol. The van der Waals surface area contributed by atoms with Crippen molar-refractivity contribution in [3.8, 4) is 22.9 Å². The van der Waals surface area contributed by atoms with Crippen molar-refractivity contribution in [2.45, 2.75) is 45.2 Å². The summed E-state index contributed by atoms with van der Waals surface area (Å²) in [6.07, 6.45) is 2.35. The van der Waals surface area contributed by atoms with Gasteiger partial charge < -0.3 is 30.1 Å². The number of aromatic nitrogens is 2. The van der Waals surface area contributed by atoms with Gasteiger partial charge in [-0.15, -0.1) is 0 Å². The molecule has 4 aromatic rings. The minimum absolute atomic E-state index is 0.0381. The summed E-state index contributed by atoms with van der Waals surface area (Å²) >= 11 is 0. The molecule has 45 heavy (non-hydrogen) atoms. The van der Waals surface area contributed by atoms with E-state index in [4.69, 9.17) is 9.72 Å². The van der Waals surface area contributed by atoms with Gasteiger partial charge in [-0.3, -0.25) is 4.79 Å². The first-order valence-corrected chi connectivity index (χ1v) is 15.4. The Morgan fingerprint density at radius 1 is 1.16 bits per heavy atom. The fraction of sp³-hybridized carbons (Fsp3) is 0.441. The van der Waals surface area contributed by atoms with E-state index in [0.29, 0.717) is 42.6 Å². The highest BCUT2D eigenvalue weighted by atomic mass is 19.1. The molecule has 3 N–H and O–H groups in total. The molecule has 11 heteroatoms. The molecule has 9 nitrogen and oxygen atoms in total. The number of phenols is 1. The molecule has 2 fully saturated rings. The lowest BCUT2D eigenvalue weighted by Crippen LogP contribution is -2.55. The fourth-order valence-electron chi connectivity index (χ4n) is 7.00. The number of carboxylic acids is 1. The standard InChI is InChI=1S/C34H39F2N5O4/c1-5-8-21-16-41(15-19(2)37-21)31-25-13-27(35)28(24-12-22(42)11-20-9-6-7-10-23(20)24)29(36)30(25)38-33(39-31)45-18-34(17-40(3)4)14-26(34)32(43)44/h6-7,9-13,19,21,26,37,42H,5,8,14-18H2,1-4H3,(H,43,44)/t19-,21-,26?,34?/m1/s1. The summed E-state index contributed by atoms with van der Waals surface area (Å²) in [6, 6.07) is 11.4. The molecule has 2 unspecified atom stereocenters. The number of benzene rings is 3. The molecule has 2 aliphatic rings. The third kappa shape index (κ3) is 5.98. The van der Waals surface area contributed by atoms with Crippen molar-refractivity contribution in [3.63, 3.8) is 0 Å². The number of rotatable bonds is 10. The summed E-state index contributed by atoms with van der Waals surface area (Å²) in [4.78, 5) is 25.0. The molecule has 0 radical (unpaired) electrons. The van der Waals surface area contributed by atoms with Gasteiger partial charge in [0.05, 0.1) is 18.1 Å². The molecule has 1 saturated heterocycles. The van der Waals surface area contributed by atoms with Crippen LogP contribution in [0.4, 0.5) is 14.6 Å². The van der Waals surface area contributed by atoms with Crippen LogP contribution in [-0.4, -0.2) is 83.5 Å². The zero-order valence-corrected chi connectivity index (χ0v) is 26.0. The number of aromatic hydroxyl groups is 1. The van der Waals surface area contributed by atoms with Crippen LogP contribution in [0.2, 0.25) is 0 Å². The van der Waals surface area contributed by atoms with Gasteiger partial charge in [0, 0.05) is 42.5 Å². The Morgan fingerprint density at radius 3 is 2.64 bits per heavy atom. The largest absolute Gasteiger partial charge is 0.508 e. The topological polar surface area (TPSA) is 111 Å². The van der Waals surface area contributed by atoms with E-state index in [2.05, 4.69) is 24.1 Å². The molecule has 2 heterocycles. The quantitative estimate of drug-likeness (QED) is 0.214. The number of hydrogen-bond acceptors (Lipinski definition) is 8. The van der Waals surface area contributed by atoms with Gasteiger partial charge in [0.25, 0.3) is 0 Å². The van der Waals surface area contributed by atoms with Crippen molar-refractivity contribution in [1.29, 1.82) is 0 Å². The second kappa shape index (κ2) is 12.0. The van der Waals surface area contributed by atoms with E-state index in [1.165, 1.54) is 12.1 Å². The van der Waals surface area contributed by atoms with Gasteiger partial charge >= 0.3 is 12.0 Å². The minimum Gasteiger partial charge on any atom is -0.508 e. The fourth-order valence-corrected chi connectivity index (χ4v) is 7.00. The lowest BCUT2D eigenvalue weighted by atomic mass is 9.95. The lowest BCUT2D eigenvalue weighted by Gasteiger charge is -2.38. The first kappa shape index (κ1) is 30.9. The van der Waals surface area contributed by atoms with Crippen molar-refractivity contribution in [3.05, 3.63) is 54.1 Å². The second-order valence-electron chi connectivity index (χ2n) is 12.9. The molecule has 0 spiro atoms. The molecule has 3 aromatic carbocycles. The summed E-state index contributed by atoms with van der Waals surface area (Å²) in [5.74, 6) is -2.89. The number of nitrogens with zero attached hydrogens (tertiary/aromatic N) is 4. The smallest absolute Gasteiger partial charge is 0.319 e. The van der Waals surface area contributed by atoms with Crippen molar-refractivity contribution >= 4 is 33.5 Å². The van der Waals surface area contributed by atoms with Crippen LogP contribution >= 0.6 is 0 Å². The number of fused-ring (bicyclic) bond motifs is 2. The van der Waals surface area contributed by atoms with Crippen LogP contribution < -0.4 is 15.0 Å².